The smallest absolute Gasteiger partial charge is 0.170 e. The highest BCUT2D eigenvalue weighted by molar-refractivity contribution is 5.79. The van der Waals surface area contributed by atoms with Gasteiger partial charge in [0.25, 0.3) is 0 Å². The van der Waals surface area contributed by atoms with E-state index in [1.54, 1.807) is 13.4 Å². The van der Waals surface area contributed by atoms with Gasteiger partial charge in [-0.2, -0.15) is 0 Å². The van der Waals surface area contributed by atoms with Gasteiger partial charge in [0.05, 0.1) is 7.11 Å². The number of aromatic nitrogens is 3. The Morgan fingerprint density at radius 2 is 1.79 bits per heavy atom. The topological polar surface area (TPSA) is 63.5 Å². The van der Waals surface area contributed by atoms with Gasteiger partial charge in [0.15, 0.2) is 5.65 Å². The summed E-state index contributed by atoms with van der Waals surface area (Å²) in [6.07, 6.45) is 1.73. The van der Waals surface area contributed by atoms with Gasteiger partial charge in [0, 0.05) is 29.4 Å². The molecule has 0 aliphatic heterocycles. The molecule has 0 aliphatic rings. The van der Waals surface area contributed by atoms with Gasteiger partial charge in [-0.1, -0.05) is 30.3 Å². The third kappa shape index (κ3) is 4.01. The van der Waals surface area contributed by atoms with Crippen molar-refractivity contribution >= 4 is 17.2 Å². The molecule has 2 heterocycles. The number of methoxy groups -OCH3 is 1. The fraction of sp³-hybridized carbons (Fsp3) is 0.217. The van der Waals surface area contributed by atoms with E-state index in [4.69, 9.17) is 4.74 Å². The van der Waals surface area contributed by atoms with E-state index in [9.17, 15) is 0 Å². The number of benzene rings is 2. The van der Waals surface area contributed by atoms with Crippen LogP contribution in [0.5, 0.6) is 5.75 Å². The first-order valence-corrected chi connectivity index (χ1v) is 9.71. The summed E-state index contributed by atoms with van der Waals surface area (Å²) in [7, 11) is 1.69. The number of nitrogens with one attached hydrogen (secondary N) is 2. The van der Waals surface area contributed by atoms with E-state index < -0.39 is 0 Å². The second kappa shape index (κ2) is 8.22. The lowest BCUT2D eigenvalue weighted by atomic mass is 10.1. The summed E-state index contributed by atoms with van der Waals surface area (Å²) in [6, 6.07) is 20.9. The Labute approximate surface area is 170 Å². The maximum Gasteiger partial charge on any atom is 0.170 e. The lowest BCUT2D eigenvalue weighted by Crippen LogP contribution is -2.09. The number of hydrogen-bond acceptors (Lipinski definition) is 5. The number of rotatable bonds is 7. The van der Waals surface area contributed by atoms with E-state index in [-0.39, 0.29) is 0 Å². The molecule has 2 aromatic carbocycles. The number of fused-ring (bicyclic) bond motifs is 1. The minimum Gasteiger partial charge on any atom is -0.496 e. The molecule has 0 atom stereocenters. The van der Waals surface area contributed by atoms with Crippen molar-refractivity contribution < 1.29 is 4.74 Å². The van der Waals surface area contributed by atoms with Gasteiger partial charge in [-0.3, -0.25) is 4.40 Å². The van der Waals surface area contributed by atoms with Crippen LogP contribution < -0.4 is 15.4 Å². The van der Waals surface area contributed by atoms with Crippen molar-refractivity contribution in [2.45, 2.75) is 26.4 Å². The Balaban J connectivity index is 1.60. The second-order valence-electron chi connectivity index (χ2n) is 7.20. The molecule has 0 amide bonds. The van der Waals surface area contributed by atoms with Gasteiger partial charge >= 0.3 is 0 Å². The third-order valence-corrected chi connectivity index (χ3v) is 4.76. The first-order chi connectivity index (χ1) is 14.2. The van der Waals surface area contributed by atoms with Crippen LogP contribution in [0.4, 0.5) is 11.5 Å². The number of nitrogens with zero attached hydrogens (tertiary/aromatic N) is 3. The van der Waals surface area contributed by atoms with Crippen LogP contribution in [0.3, 0.4) is 0 Å². The van der Waals surface area contributed by atoms with E-state index in [0.29, 0.717) is 12.6 Å². The Kier molecular flexibility index (Phi) is 5.33. The minimum atomic E-state index is 0.401. The summed E-state index contributed by atoms with van der Waals surface area (Å²) < 4.78 is 7.42. The normalized spacial score (nSPS) is 11.0. The summed E-state index contributed by atoms with van der Waals surface area (Å²) in [5, 5.41) is 15.4. The van der Waals surface area contributed by atoms with E-state index in [2.05, 4.69) is 77.1 Å². The molecule has 29 heavy (non-hydrogen) atoms. The van der Waals surface area contributed by atoms with Crippen molar-refractivity contribution in [1.29, 1.82) is 0 Å². The van der Waals surface area contributed by atoms with Crippen molar-refractivity contribution in [1.82, 2.24) is 14.6 Å². The van der Waals surface area contributed by atoms with Crippen LogP contribution >= 0.6 is 0 Å². The fourth-order valence-electron chi connectivity index (χ4n) is 3.40. The molecule has 0 spiro atoms. The molecule has 4 aromatic rings. The summed E-state index contributed by atoms with van der Waals surface area (Å²) >= 11 is 0. The van der Waals surface area contributed by atoms with Crippen molar-refractivity contribution in [3.8, 4) is 16.9 Å². The van der Waals surface area contributed by atoms with Crippen LogP contribution in [-0.2, 0) is 6.54 Å². The standard InChI is InChI=1S/C23H25N5O/c1-16(2)26-19-10-8-17(9-11-19)20-12-13-22(28-15-25-27-23(20)28)24-14-18-6-4-5-7-21(18)29-3/h4-13,15-16,24,26H,14H2,1-3H3. The molecule has 0 unspecified atom stereocenters. The highest BCUT2D eigenvalue weighted by Crippen LogP contribution is 2.28. The van der Waals surface area contributed by atoms with Crippen LogP contribution in [0.1, 0.15) is 19.4 Å². The summed E-state index contributed by atoms with van der Waals surface area (Å²) in [6.45, 7) is 4.90. The van der Waals surface area contributed by atoms with Gasteiger partial charge in [-0.05, 0) is 49.7 Å². The Hall–Kier alpha value is -3.54. The molecule has 148 valence electrons. The van der Waals surface area contributed by atoms with Crippen molar-refractivity contribution in [3.05, 3.63) is 72.6 Å². The quantitative estimate of drug-likeness (QED) is 0.475. The Morgan fingerprint density at radius 3 is 2.55 bits per heavy atom. The number of para-hydroxylation sites is 1. The average Bonchev–Trinajstić information content (AvgIpc) is 3.23. The fourth-order valence-corrected chi connectivity index (χ4v) is 3.40. The van der Waals surface area contributed by atoms with Gasteiger partial charge in [0.1, 0.15) is 17.9 Å². The molecule has 0 bridgehead atoms. The van der Waals surface area contributed by atoms with Crippen molar-refractivity contribution in [3.63, 3.8) is 0 Å². The van der Waals surface area contributed by atoms with Gasteiger partial charge in [-0.15, -0.1) is 10.2 Å². The molecule has 0 aliphatic carbocycles. The maximum atomic E-state index is 5.44. The average molecular weight is 387 g/mol. The van der Waals surface area contributed by atoms with Gasteiger partial charge in [0.2, 0.25) is 0 Å². The third-order valence-electron chi connectivity index (χ3n) is 4.76. The minimum absolute atomic E-state index is 0.401. The van der Waals surface area contributed by atoms with Crippen LogP contribution in [-0.4, -0.2) is 27.7 Å². The van der Waals surface area contributed by atoms with Crippen LogP contribution in [0.2, 0.25) is 0 Å². The predicted molar refractivity (Wildman–Crippen MR) is 118 cm³/mol. The predicted octanol–water partition coefficient (Wildman–Crippen LogP) is 4.84. The number of hydrogen-bond donors (Lipinski definition) is 2. The maximum absolute atomic E-state index is 5.44. The number of ether oxygens (including phenoxy) is 1. The first-order valence-electron chi connectivity index (χ1n) is 9.71. The largest absolute Gasteiger partial charge is 0.496 e. The highest BCUT2D eigenvalue weighted by Gasteiger charge is 2.11. The molecular weight excluding hydrogens is 362 g/mol. The molecule has 6 nitrogen and oxygen atoms in total. The Bertz CT molecular complexity index is 1100. The molecule has 0 saturated heterocycles. The zero-order chi connectivity index (χ0) is 20.2. The number of pyridine rings is 1. The Morgan fingerprint density at radius 1 is 1.00 bits per heavy atom. The van der Waals surface area contributed by atoms with E-state index in [1.165, 1.54) is 0 Å². The van der Waals surface area contributed by atoms with Gasteiger partial charge in [-0.25, -0.2) is 0 Å². The van der Waals surface area contributed by atoms with Crippen molar-refractivity contribution in [2.24, 2.45) is 0 Å². The second-order valence-corrected chi connectivity index (χ2v) is 7.20. The lowest BCUT2D eigenvalue weighted by Gasteiger charge is -2.14. The molecule has 2 N–H and O–H groups in total. The summed E-state index contributed by atoms with van der Waals surface area (Å²) in [5.41, 5.74) is 5.17. The molecule has 0 saturated carbocycles. The molecule has 6 heteroatoms. The van der Waals surface area contributed by atoms with E-state index in [0.717, 1.165) is 39.6 Å². The molecular formula is C23H25N5O. The molecule has 0 fully saturated rings. The van der Waals surface area contributed by atoms with Crippen LogP contribution in [0.15, 0.2) is 67.0 Å². The zero-order valence-corrected chi connectivity index (χ0v) is 16.9. The first kappa shape index (κ1) is 18.8. The number of anilines is 2. The van der Waals surface area contributed by atoms with Crippen LogP contribution in [0.25, 0.3) is 16.8 Å². The van der Waals surface area contributed by atoms with Crippen molar-refractivity contribution in [2.75, 3.05) is 17.7 Å². The van der Waals surface area contributed by atoms with E-state index in [1.807, 2.05) is 22.6 Å². The zero-order valence-electron chi connectivity index (χ0n) is 16.9. The molecule has 0 radical (unpaired) electrons. The highest BCUT2D eigenvalue weighted by atomic mass is 16.5. The molecule has 4 rings (SSSR count). The van der Waals surface area contributed by atoms with Crippen LogP contribution in [0, 0.1) is 0 Å². The van der Waals surface area contributed by atoms with E-state index >= 15 is 0 Å². The molecule has 2 aromatic heterocycles. The monoisotopic (exact) mass is 387 g/mol. The van der Waals surface area contributed by atoms with Gasteiger partial charge < -0.3 is 15.4 Å². The summed E-state index contributed by atoms with van der Waals surface area (Å²) in [4.78, 5) is 0. The SMILES string of the molecule is COc1ccccc1CNc1ccc(-c2ccc(NC(C)C)cc2)c2nncn12. The summed E-state index contributed by atoms with van der Waals surface area (Å²) in [5.74, 6) is 1.80. The lowest BCUT2D eigenvalue weighted by molar-refractivity contribution is 0.410.